The summed E-state index contributed by atoms with van der Waals surface area (Å²) in [5.41, 5.74) is 3.12. The van der Waals surface area contributed by atoms with Crippen molar-refractivity contribution in [1.29, 1.82) is 0 Å². The minimum Gasteiger partial charge on any atom is -0.463 e. The molecule has 30 heavy (non-hydrogen) atoms. The molecule has 0 aromatic carbocycles. The molecular formula is C22H22N6O2. The number of nitrogens with one attached hydrogen (secondary N) is 1. The first kappa shape index (κ1) is 18.4. The molecule has 0 bridgehead atoms. The number of pyridine rings is 2. The highest BCUT2D eigenvalue weighted by atomic mass is 16.3. The van der Waals surface area contributed by atoms with E-state index in [0.29, 0.717) is 28.4 Å². The lowest BCUT2D eigenvalue weighted by atomic mass is 10.1. The van der Waals surface area contributed by atoms with Gasteiger partial charge in [0.1, 0.15) is 11.5 Å². The van der Waals surface area contributed by atoms with Gasteiger partial charge in [-0.25, -0.2) is 9.97 Å². The van der Waals surface area contributed by atoms with E-state index in [1.54, 1.807) is 29.3 Å². The molecule has 1 N–H and O–H groups in total. The highest BCUT2D eigenvalue weighted by Gasteiger charge is 2.20. The van der Waals surface area contributed by atoms with Crippen molar-refractivity contribution < 1.29 is 9.21 Å². The van der Waals surface area contributed by atoms with Crippen molar-refractivity contribution in [2.45, 2.75) is 19.8 Å². The standard InChI is InChI=1S/C22H22N6O2/c1-14-20-16(12-17(18-6-5-11-30-18)25-21(20)27(2)26-14)22(29)24-15-7-8-19(23-13-15)28-9-3-4-10-28/h5-8,11-13H,3-4,9-10H2,1-2H3,(H,24,29). The second kappa shape index (κ2) is 7.29. The van der Waals surface area contributed by atoms with E-state index < -0.39 is 0 Å². The first-order chi connectivity index (χ1) is 14.6. The van der Waals surface area contributed by atoms with Crippen molar-refractivity contribution in [2.75, 3.05) is 23.3 Å². The van der Waals surface area contributed by atoms with Crippen molar-refractivity contribution in [1.82, 2.24) is 19.7 Å². The van der Waals surface area contributed by atoms with Gasteiger partial charge in [0.05, 0.1) is 34.8 Å². The molecule has 4 aromatic heterocycles. The maximum atomic E-state index is 13.2. The molecule has 8 heteroatoms. The molecular weight excluding hydrogens is 380 g/mol. The lowest BCUT2D eigenvalue weighted by molar-refractivity contribution is 0.102. The molecule has 0 saturated carbocycles. The van der Waals surface area contributed by atoms with Crippen LogP contribution < -0.4 is 10.2 Å². The summed E-state index contributed by atoms with van der Waals surface area (Å²) in [6.07, 6.45) is 5.68. The molecule has 1 aliphatic heterocycles. The van der Waals surface area contributed by atoms with Gasteiger partial charge in [0, 0.05) is 20.1 Å². The molecule has 0 radical (unpaired) electrons. The zero-order valence-corrected chi connectivity index (χ0v) is 16.9. The quantitative estimate of drug-likeness (QED) is 0.559. The highest BCUT2D eigenvalue weighted by Crippen LogP contribution is 2.28. The summed E-state index contributed by atoms with van der Waals surface area (Å²) in [5.74, 6) is 1.31. The molecule has 0 unspecified atom stereocenters. The van der Waals surface area contributed by atoms with Crippen LogP contribution in [0.5, 0.6) is 0 Å². The Labute approximate surface area is 173 Å². The molecule has 4 aromatic rings. The van der Waals surface area contributed by atoms with Crippen LogP contribution in [0.25, 0.3) is 22.5 Å². The summed E-state index contributed by atoms with van der Waals surface area (Å²) in [6.45, 7) is 3.94. The normalized spacial score (nSPS) is 13.9. The zero-order chi connectivity index (χ0) is 20.7. The molecule has 1 amide bonds. The van der Waals surface area contributed by atoms with Gasteiger partial charge in [-0.3, -0.25) is 9.48 Å². The van der Waals surface area contributed by atoms with Crippen LogP contribution in [0.1, 0.15) is 28.9 Å². The predicted molar refractivity (Wildman–Crippen MR) is 115 cm³/mol. The lowest BCUT2D eigenvalue weighted by Gasteiger charge is -2.16. The Morgan fingerprint density at radius 1 is 1.20 bits per heavy atom. The van der Waals surface area contributed by atoms with Crippen LogP contribution in [0.15, 0.2) is 47.2 Å². The topological polar surface area (TPSA) is 89.1 Å². The second-order valence-electron chi connectivity index (χ2n) is 7.49. The summed E-state index contributed by atoms with van der Waals surface area (Å²) in [7, 11) is 1.82. The second-order valence-corrected chi connectivity index (χ2v) is 7.49. The third-order valence-corrected chi connectivity index (χ3v) is 5.42. The van der Waals surface area contributed by atoms with Crippen LogP contribution in [-0.4, -0.2) is 38.7 Å². The number of carbonyl (C=O) groups is 1. The van der Waals surface area contributed by atoms with E-state index in [9.17, 15) is 4.79 Å². The first-order valence-electron chi connectivity index (χ1n) is 10.0. The van der Waals surface area contributed by atoms with E-state index in [1.165, 1.54) is 12.8 Å². The monoisotopic (exact) mass is 402 g/mol. The van der Waals surface area contributed by atoms with Gasteiger partial charge in [0.15, 0.2) is 11.4 Å². The first-order valence-corrected chi connectivity index (χ1v) is 10.0. The maximum Gasteiger partial charge on any atom is 0.256 e. The minimum atomic E-state index is -0.234. The van der Waals surface area contributed by atoms with E-state index >= 15 is 0 Å². The van der Waals surface area contributed by atoms with Gasteiger partial charge in [-0.2, -0.15) is 5.10 Å². The van der Waals surface area contributed by atoms with Crippen molar-refractivity contribution in [3.63, 3.8) is 0 Å². The molecule has 0 spiro atoms. The Balaban J connectivity index is 1.49. The molecule has 152 valence electrons. The molecule has 8 nitrogen and oxygen atoms in total. The third-order valence-electron chi connectivity index (χ3n) is 5.42. The summed E-state index contributed by atoms with van der Waals surface area (Å²) in [6, 6.07) is 9.20. The Bertz CT molecular complexity index is 1200. The zero-order valence-electron chi connectivity index (χ0n) is 16.9. The van der Waals surface area contributed by atoms with Gasteiger partial charge in [0.25, 0.3) is 5.91 Å². The van der Waals surface area contributed by atoms with Crippen molar-refractivity contribution in [3.8, 4) is 11.5 Å². The van der Waals surface area contributed by atoms with Crippen molar-refractivity contribution in [2.24, 2.45) is 7.05 Å². The Morgan fingerprint density at radius 2 is 2.03 bits per heavy atom. The van der Waals surface area contributed by atoms with Crippen LogP contribution >= 0.6 is 0 Å². The maximum absolute atomic E-state index is 13.2. The average Bonchev–Trinajstić information content (AvgIpc) is 3.51. The van der Waals surface area contributed by atoms with Gasteiger partial charge in [-0.15, -0.1) is 0 Å². The van der Waals surface area contributed by atoms with Gasteiger partial charge in [-0.1, -0.05) is 0 Å². The Morgan fingerprint density at radius 3 is 2.73 bits per heavy atom. The van der Waals surface area contributed by atoms with Gasteiger partial charge in [0.2, 0.25) is 0 Å². The number of carbonyl (C=O) groups excluding carboxylic acids is 1. The fourth-order valence-corrected chi connectivity index (χ4v) is 3.97. The van der Waals surface area contributed by atoms with Crippen LogP contribution in [-0.2, 0) is 7.05 Å². The Hall–Kier alpha value is -3.68. The number of hydrogen-bond donors (Lipinski definition) is 1. The molecule has 5 heterocycles. The SMILES string of the molecule is Cc1nn(C)c2nc(-c3ccco3)cc(C(=O)Nc3ccc(N4CCCC4)nc3)c12. The number of amides is 1. The fraction of sp³-hybridized carbons (Fsp3) is 0.273. The number of furan rings is 1. The Kier molecular flexibility index (Phi) is 4.46. The van der Waals surface area contributed by atoms with E-state index in [4.69, 9.17) is 4.42 Å². The van der Waals surface area contributed by atoms with E-state index in [2.05, 4.69) is 25.3 Å². The largest absolute Gasteiger partial charge is 0.463 e. The van der Waals surface area contributed by atoms with Crippen molar-refractivity contribution in [3.05, 3.63) is 54.0 Å². The summed E-state index contributed by atoms with van der Waals surface area (Å²) >= 11 is 0. The molecule has 0 atom stereocenters. The fourth-order valence-electron chi connectivity index (χ4n) is 3.97. The third kappa shape index (κ3) is 3.20. The molecule has 1 fully saturated rings. The number of rotatable bonds is 4. The van der Waals surface area contributed by atoms with Crippen LogP contribution in [0.4, 0.5) is 11.5 Å². The molecule has 1 aliphatic rings. The number of nitrogens with zero attached hydrogens (tertiary/aromatic N) is 5. The smallest absolute Gasteiger partial charge is 0.256 e. The number of aromatic nitrogens is 4. The number of aryl methyl sites for hydroxylation is 2. The summed E-state index contributed by atoms with van der Waals surface area (Å²) in [4.78, 5) is 24.6. The molecule has 0 aliphatic carbocycles. The van der Waals surface area contributed by atoms with Crippen molar-refractivity contribution >= 4 is 28.4 Å². The van der Waals surface area contributed by atoms with Gasteiger partial charge >= 0.3 is 0 Å². The van der Waals surface area contributed by atoms with Crippen LogP contribution in [0.3, 0.4) is 0 Å². The average molecular weight is 402 g/mol. The predicted octanol–water partition coefficient (Wildman–Crippen LogP) is 3.78. The number of fused-ring (bicyclic) bond motifs is 1. The highest BCUT2D eigenvalue weighted by molar-refractivity contribution is 6.13. The lowest BCUT2D eigenvalue weighted by Crippen LogP contribution is -2.19. The summed E-state index contributed by atoms with van der Waals surface area (Å²) < 4.78 is 7.17. The van der Waals surface area contributed by atoms with Gasteiger partial charge < -0.3 is 14.6 Å². The van der Waals surface area contributed by atoms with Crippen LogP contribution in [0, 0.1) is 6.92 Å². The molecule has 1 saturated heterocycles. The van der Waals surface area contributed by atoms with E-state index in [0.717, 1.165) is 30.0 Å². The van der Waals surface area contributed by atoms with E-state index in [1.807, 2.05) is 32.2 Å². The minimum absolute atomic E-state index is 0.234. The van der Waals surface area contributed by atoms with Crippen LogP contribution in [0.2, 0.25) is 0 Å². The van der Waals surface area contributed by atoms with Gasteiger partial charge in [-0.05, 0) is 50.1 Å². The number of anilines is 2. The number of hydrogen-bond acceptors (Lipinski definition) is 6. The molecule has 5 rings (SSSR count). The van der Waals surface area contributed by atoms with E-state index in [-0.39, 0.29) is 5.91 Å². The summed E-state index contributed by atoms with van der Waals surface area (Å²) in [5, 5.41) is 8.13.